The summed E-state index contributed by atoms with van der Waals surface area (Å²) in [6.07, 6.45) is 0.997. The summed E-state index contributed by atoms with van der Waals surface area (Å²) in [5.41, 5.74) is -10.7. The molecule has 0 spiro atoms. The summed E-state index contributed by atoms with van der Waals surface area (Å²) in [5.74, 6) is 0. The standard InChI is InChI=1S/C12H10F6O3S2/c1-7-3-4-10-9(5-7)6-8(2)22(10,11(13,14)15)21-23(19,20)12(16,17)18/h3-6H,1-2H3. The zero-order valence-electron chi connectivity index (χ0n) is 11.6. The number of allylic oxidation sites excluding steroid dienone is 1. The van der Waals surface area contributed by atoms with Crippen LogP contribution in [0.15, 0.2) is 28.0 Å². The Bertz CT molecular complexity index is 779. The molecule has 0 N–H and O–H groups in total. The zero-order chi connectivity index (χ0) is 17.8. The van der Waals surface area contributed by atoms with Gasteiger partial charge in [0, 0.05) is 20.1 Å². The van der Waals surface area contributed by atoms with Crippen LogP contribution in [0, 0.1) is 6.92 Å². The van der Waals surface area contributed by atoms with Gasteiger partial charge in [-0.1, -0.05) is 17.7 Å². The second kappa shape index (κ2) is 5.15. The number of aryl methyl sites for hydroxylation is 1. The first-order valence-corrected chi connectivity index (χ1v) is 8.90. The Morgan fingerprint density at radius 1 is 1.04 bits per heavy atom. The van der Waals surface area contributed by atoms with Gasteiger partial charge in [0.25, 0.3) is 0 Å². The van der Waals surface area contributed by atoms with E-state index in [2.05, 4.69) is 3.63 Å². The van der Waals surface area contributed by atoms with Gasteiger partial charge >= 0.3 is 21.1 Å². The van der Waals surface area contributed by atoms with Crippen LogP contribution in [0.25, 0.3) is 6.08 Å². The van der Waals surface area contributed by atoms with Crippen LogP contribution in [0.3, 0.4) is 0 Å². The molecule has 3 nitrogen and oxygen atoms in total. The van der Waals surface area contributed by atoms with Crippen LogP contribution in [-0.4, -0.2) is 19.4 Å². The number of fused-ring (bicyclic) bond motifs is 1. The van der Waals surface area contributed by atoms with Crippen LogP contribution >= 0.6 is 10.3 Å². The molecule has 11 heteroatoms. The highest BCUT2D eigenvalue weighted by Crippen LogP contribution is 2.77. The maximum atomic E-state index is 13.6. The topological polar surface area (TPSA) is 43.4 Å². The first kappa shape index (κ1) is 18.1. The molecule has 0 aromatic heterocycles. The van der Waals surface area contributed by atoms with Crippen molar-refractivity contribution in [3.05, 3.63) is 34.2 Å². The average molecular weight is 380 g/mol. The molecule has 2 rings (SSSR count). The molecule has 1 heterocycles. The molecule has 1 aromatic rings. The number of alkyl halides is 6. The third kappa shape index (κ3) is 2.74. The number of benzene rings is 1. The van der Waals surface area contributed by atoms with Crippen molar-refractivity contribution >= 4 is 26.5 Å². The molecule has 0 saturated heterocycles. The van der Waals surface area contributed by atoms with Crippen molar-refractivity contribution in [2.24, 2.45) is 0 Å². The van der Waals surface area contributed by atoms with Crippen LogP contribution in [0.2, 0.25) is 0 Å². The summed E-state index contributed by atoms with van der Waals surface area (Å²) in [5, 5.41) is 0. The van der Waals surface area contributed by atoms with Gasteiger partial charge in [-0.3, -0.25) is 0 Å². The Balaban J connectivity index is 2.74. The molecule has 0 fully saturated rings. The molecule has 0 aliphatic carbocycles. The summed E-state index contributed by atoms with van der Waals surface area (Å²) in [6, 6.07) is 3.53. The van der Waals surface area contributed by atoms with Gasteiger partial charge in [0.15, 0.2) is 0 Å². The Hall–Kier alpha value is -1.20. The van der Waals surface area contributed by atoms with Crippen LogP contribution in [0.4, 0.5) is 26.3 Å². The van der Waals surface area contributed by atoms with E-state index in [-0.39, 0.29) is 5.56 Å². The van der Waals surface area contributed by atoms with Gasteiger partial charge in [0.1, 0.15) is 0 Å². The summed E-state index contributed by atoms with van der Waals surface area (Å²) >= 11 is 0. The number of rotatable bonds is 2. The van der Waals surface area contributed by atoms with E-state index in [1.54, 1.807) is 6.92 Å². The Morgan fingerprint density at radius 3 is 2.09 bits per heavy atom. The summed E-state index contributed by atoms with van der Waals surface area (Å²) in [7, 11) is -11.3. The molecular formula is C12H10F6O3S2. The monoisotopic (exact) mass is 380 g/mol. The number of halogens is 6. The van der Waals surface area contributed by atoms with E-state index in [1.165, 1.54) is 12.1 Å². The van der Waals surface area contributed by atoms with Gasteiger partial charge in [0.2, 0.25) is 0 Å². The van der Waals surface area contributed by atoms with E-state index >= 15 is 0 Å². The molecule has 1 aliphatic rings. The average Bonchev–Trinajstić information content (AvgIpc) is 2.59. The third-order valence-electron chi connectivity index (χ3n) is 3.09. The normalized spacial score (nSPS) is 24.8. The molecule has 23 heavy (non-hydrogen) atoms. The van der Waals surface area contributed by atoms with Crippen molar-refractivity contribution in [1.82, 2.24) is 0 Å². The van der Waals surface area contributed by atoms with Gasteiger partial charge in [-0.2, -0.15) is 38.4 Å². The minimum atomic E-state index is -6.43. The first-order valence-electron chi connectivity index (χ1n) is 5.93. The smallest absolute Gasteiger partial charge is 0.196 e. The summed E-state index contributed by atoms with van der Waals surface area (Å²) < 4.78 is 105. The van der Waals surface area contributed by atoms with E-state index < -0.39 is 41.2 Å². The molecule has 1 aromatic carbocycles. The SMILES string of the molecule is CC1=Cc2cc(C)ccc2S1(OS(=O)(=O)C(F)(F)F)C(F)(F)F. The van der Waals surface area contributed by atoms with Crippen molar-refractivity contribution in [3.8, 4) is 0 Å². The Morgan fingerprint density at radius 2 is 1.61 bits per heavy atom. The lowest BCUT2D eigenvalue weighted by atomic mass is 10.1. The predicted molar refractivity (Wildman–Crippen MR) is 72.8 cm³/mol. The highest BCUT2D eigenvalue weighted by molar-refractivity contribution is 8.36. The lowest BCUT2D eigenvalue weighted by Gasteiger charge is -2.38. The second-order valence-electron chi connectivity index (χ2n) is 4.77. The second-order valence-corrected chi connectivity index (χ2v) is 9.34. The van der Waals surface area contributed by atoms with Gasteiger partial charge < -0.3 is 0 Å². The highest BCUT2D eigenvalue weighted by Gasteiger charge is 2.63. The minimum Gasteiger partial charge on any atom is -0.196 e. The van der Waals surface area contributed by atoms with E-state index in [4.69, 9.17) is 0 Å². The molecule has 0 saturated carbocycles. The fraction of sp³-hybridized carbons (Fsp3) is 0.333. The van der Waals surface area contributed by atoms with E-state index in [9.17, 15) is 34.8 Å². The van der Waals surface area contributed by atoms with E-state index in [0.717, 1.165) is 19.1 Å². The lowest BCUT2D eigenvalue weighted by Crippen LogP contribution is -2.32. The van der Waals surface area contributed by atoms with Gasteiger partial charge in [0.05, 0.1) is 0 Å². The molecule has 1 atom stereocenters. The fourth-order valence-electron chi connectivity index (χ4n) is 2.13. The van der Waals surface area contributed by atoms with Crippen LogP contribution in [0.1, 0.15) is 18.1 Å². The molecule has 0 amide bonds. The van der Waals surface area contributed by atoms with Crippen molar-refractivity contribution < 1.29 is 38.4 Å². The minimum absolute atomic E-state index is 0.00722. The highest BCUT2D eigenvalue weighted by atomic mass is 32.3. The van der Waals surface area contributed by atoms with Crippen molar-refractivity contribution in [2.75, 3.05) is 0 Å². The number of hydrogen-bond acceptors (Lipinski definition) is 3. The van der Waals surface area contributed by atoms with Crippen LogP contribution in [0.5, 0.6) is 0 Å². The first-order chi connectivity index (χ1) is 10.2. The molecule has 1 aliphatic heterocycles. The van der Waals surface area contributed by atoms with E-state index in [0.29, 0.717) is 5.56 Å². The van der Waals surface area contributed by atoms with Gasteiger partial charge in [-0.25, -0.2) is 0 Å². The summed E-state index contributed by atoms with van der Waals surface area (Å²) in [6.45, 7) is 2.49. The zero-order valence-corrected chi connectivity index (χ0v) is 13.3. The number of hydrogen-bond donors (Lipinski definition) is 0. The third-order valence-corrected chi connectivity index (χ3v) is 7.86. The van der Waals surface area contributed by atoms with E-state index in [1.807, 2.05) is 0 Å². The molecular weight excluding hydrogens is 370 g/mol. The maximum absolute atomic E-state index is 13.6. The fourth-order valence-corrected chi connectivity index (χ4v) is 6.51. The molecule has 0 bridgehead atoms. The van der Waals surface area contributed by atoms with Crippen LogP contribution < -0.4 is 0 Å². The Labute approximate surface area is 129 Å². The maximum Gasteiger partial charge on any atom is 0.523 e. The van der Waals surface area contributed by atoms with Crippen molar-refractivity contribution in [3.63, 3.8) is 0 Å². The quantitative estimate of drug-likeness (QED) is 0.545. The molecule has 0 radical (unpaired) electrons. The van der Waals surface area contributed by atoms with Gasteiger partial charge in [-0.05, 0) is 31.6 Å². The lowest BCUT2D eigenvalue weighted by molar-refractivity contribution is -0.0546. The predicted octanol–water partition coefficient (Wildman–Crippen LogP) is 4.83. The Kier molecular flexibility index (Phi) is 4.06. The molecule has 1 unspecified atom stereocenters. The summed E-state index contributed by atoms with van der Waals surface area (Å²) in [4.78, 5) is -1.22. The molecule has 130 valence electrons. The largest absolute Gasteiger partial charge is 0.523 e. The van der Waals surface area contributed by atoms with Crippen molar-refractivity contribution in [1.29, 1.82) is 0 Å². The van der Waals surface area contributed by atoms with Crippen molar-refractivity contribution in [2.45, 2.75) is 29.8 Å². The van der Waals surface area contributed by atoms with Gasteiger partial charge in [-0.15, -0.1) is 0 Å². The van der Waals surface area contributed by atoms with Crippen LogP contribution in [-0.2, 0) is 13.7 Å².